The molecule has 1 heterocycles. The third kappa shape index (κ3) is 5.31. The quantitative estimate of drug-likeness (QED) is 0.702. The summed E-state index contributed by atoms with van der Waals surface area (Å²) in [5, 5.41) is 8.77. The van der Waals surface area contributed by atoms with E-state index in [2.05, 4.69) is 11.9 Å². The van der Waals surface area contributed by atoms with Gasteiger partial charge in [0.1, 0.15) is 6.61 Å². The van der Waals surface area contributed by atoms with Crippen LogP contribution in [0.2, 0.25) is 0 Å². The molecule has 1 aromatic rings. The Morgan fingerprint density at radius 1 is 1.41 bits per heavy atom. The van der Waals surface area contributed by atoms with E-state index in [9.17, 15) is 4.79 Å². The summed E-state index contributed by atoms with van der Waals surface area (Å²) >= 11 is 0. The van der Waals surface area contributed by atoms with E-state index in [1.165, 1.54) is 18.3 Å². The van der Waals surface area contributed by atoms with Crippen molar-refractivity contribution in [2.24, 2.45) is 0 Å². The molecule has 1 aromatic heterocycles. The fraction of sp³-hybridized carbons (Fsp3) is 0.500. The molecule has 94 valence electrons. The Kier molecular flexibility index (Phi) is 6.03. The summed E-state index contributed by atoms with van der Waals surface area (Å²) in [6.45, 7) is 3.68. The molecule has 0 bridgehead atoms. The zero-order chi connectivity index (χ0) is 12.5. The summed E-state index contributed by atoms with van der Waals surface area (Å²) in [7, 11) is 0. The van der Waals surface area contributed by atoms with Crippen molar-refractivity contribution in [3.63, 3.8) is 0 Å². The average Bonchev–Trinajstić information content (AvgIpc) is 2.34. The highest BCUT2D eigenvalue weighted by Crippen LogP contribution is 2.08. The molecule has 0 atom stereocenters. The summed E-state index contributed by atoms with van der Waals surface area (Å²) in [5.41, 5.74) is 0.168. The van der Waals surface area contributed by atoms with Crippen molar-refractivity contribution in [3.05, 3.63) is 23.9 Å². The zero-order valence-corrected chi connectivity index (χ0v) is 9.89. The number of aromatic nitrogens is 1. The van der Waals surface area contributed by atoms with Gasteiger partial charge in [0.15, 0.2) is 0 Å². The Bertz CT molecular complexity index is 354. The molecule has 0 amide bonds. The predicted molar refractivity (Wildman–Crippen MR) is 62.4 cm³/mol. The Morgan fingerprint density at radius 3 is 2.94 bits per heavy atom. The summed E-state index contributed by atoms with van der Waals surface area (Å²) in [4.78, 5) is 14.6. The SMILES string of the molecule is CCCCOCCOc1cc(C(=O)O)ccn1. The maximum absolute atomic E-state index is 10.7. The molecule has 5 nitrogen and oxygen atoms in total. The molecule has 0 aliphatic carbocycles. The van der Waals surface area contributed by atoms with E-state index in [1.807, 2.05) is 0 Å². The number of carboxylic acid groups (broad SMARTS) is 1. The van der Waals surface area contributed by atoms with E-state index in [1.54, 1.807) is 0 Å². The molecule has 0 saturated carbocycles. The number of hydrogen-bond donors (Lipinski definition) is 1. The van der Waals surface area contributed by atoms with Crippen molar-refractivity contribution < 1.29 is 19.4 Å². The van der Waals surface area contributed by atoms with Gasteiger partial charge in [-0.05, 0) is 12.5 Å². The Balaban J connectivity index is 2.27. The van der Waals surface area contributed by atoms with E-state index < -0.39 is 5.97 Å². The van der Waals surface area contributed by atoms with E-state index in [0.717, 1.165) is 19.4 Å². The number of pyridine rings is 1. The van der Waals surface area contributed by atoms with Crippen molar-refractivity contribution in [2.75, 3.05) is 19.8 Å². The second-order valence-electron chi connectivity index (χ2n) is 3.50. The van der Waals surface area contributed by atoms with Gasteiger partial charge >= 0.3 is 5.97 Å². The number of carbonyl (C=O) groups is 1. The number of hydrogen-bond acceptors (Lipinski definition) is 4. The summed E-state index contributed by atoms with van der Waals surface area (Å²) in [5.74, 6) is -0.680. The maximum atomic E-state index is 10.7. The molecule has 0 aliphatic rings. The smallest absolute Gasteiger partial charge is 0.335 e. The molecule has 0 unspecified atom stereocenters. The first-order valence-corrected chi connectivity index (χ1v) is 5.64. The third-order valence-corrected chi connectivity index (χ3v) is 2.10. The van der Waals surface area contributed by atoms with E-state index >= 15 is 0 Å². The fourth-order valence-corrected chi connectivity index (χ4v) is 1.18. The fourth-order valence-electron chi connectivity index (χ4n) is 1.18. The third-order valence-electron chi connectivity index (χ3n) is 2.10. The lowest BCUT2D eigenvalue weighted by atomic mass is 10.3. The number of unbranched alkanes of at least 4 members (excludes halogenated alkanes) is 1. The molecular weight excluding hydrogens is 222 g/mol. The second-order valence-corrected chi connectivity index (χ2v) is 3.50. The van der Waals surface area contributed by atoms with Crippen molar-refractivity contribution in [3.8, 4) is 5.88 Å². The Hall–Kier alpha value is -1.62. The normalized spacial score (nSPS) is 10.2. The van der Waals surface area contributed by atoms with Crippen molar-refractivity contribution >= 4 is 5.97 Å². The van der Waals surface area contributed by atoms with Gasteiger partial charge in [-0.25, -0.2) is 9.78 Å². The topological polar surface area (TPSA) is 68.7 Å². The summed E-state index contributed by atoms with van der Waals surface area (Å²) < 4.78 is 10.6. The number of carboxylic acids is 1. The molecule has 0 aliphatic heterocycles. The lowest BCUT2D eigenvalue weighted by Crippen LogP contribution is -2.08. The van der Waals surface area contributed by atoms with Gasteiger partial charge in [-0.15, -0.1) is 0 Å². The van der Waals surface area contributed by atoms with Gasteiger partial charge in [-0.2, -0.15) is 0 Å². The van der Waals surface area contributed by atoms with Crippen molar-refractivity contribution in [1.29, 1.82) is 0 Å². The van der Waals surface area contributed by atoms with Crippen LogP contribution in [0.1, 0.15) is 30.1 Å². The molecule has 0 spiro atoms. The first-order valence-electron chi connectivity index (χ1n) is 5.64. The minimum atomic E-state index is -0.989. The van der Waals surface area contributed by atoms with Gasteiger partial charge in [0.2, 0.25) is 5.88 Å². The number of rotatable bonds is 8. The Labute approximate surface area is 100 Å². The van der Waals surface area contributed by atoms with Crippen LogP contribution in [0.15, 0.2) is 18.3 Å². The molecule has 1 N–H and O–H groups in total. The highest BCUT2D eigenvalue weighted by Gasteiger charge is 2.04. The molecule has 0 saturated heterocycles. The van der Waals surface area contributed by atoms with E-state index in [-0.39, 0.29) is 5.56 Å². The van der Waals surface area contributed by atoms with Crippen molar-refractivity contribution in [1.82, 2.24) is 4.98 Å². The van der Waals surface area contributed by atoms with Crippen LogP contribution in [-0.2, 0) is 4.74 Å². The van der Waals surface area contributed by atoms with Crippen LogP contribution < -0.4 is 4.74 Å². The van der Waals surface area contributed by atoms with Crippen LogP contribution in [-0.4, -0.2) is 35.9 Å². The summed E-state index contributed by atoms with van der Waals surface area (Å²) in [6.07, 6.45) is 3.55. The lowest BCUT2D eigenvalue weighted by Gasteiger charge is -2.06. The molecule has 17 heavy (non-hydrogen) atoms. The van der Waals surface area contributed by atoms with Gasteiger partial charge in [0.25, 0.3) is 0 Å². The molecule has 0 fully saturated rings. The number of aromatic carboxylic acids is 1. The van der Waals surface area contributed by atoms with Crippen LogP contribution in [0.3, 0.4) is 0 Å². The van der Waals surface area contributed by atoms with Crippen LogP contribution >= 0.6 is 0 Å². The molecule has 0 aromatic carbocycles. The highest BCUT2D eigenvalue weighted by molar-refractivity contribution is 5.87. The minimum absolute atomic E-state index is 0.168. The Morgan fingerprint density at radius 2 is 2.24 bits per heavy atom. The van der Waals surface area contributed by atoms with Gasteiger partial charge in [-0.1, -0.05) is 13.3 Å². The standard InChI is InChI=1S/C12H17NO4/c1-2-3-6-16-7-8-17-11-9-10(12(14)15)4-5-13-11/h4-5,9H,2-3,6-8H2,1H3,(H,14,15). The largest absolute Gasteiger partial charge is 0.478 e. The highest BCUT2D eigenvalue weighted by atomic mass is 16.5. The molecule has 0 radical (unpaired) electrons. The minimum Gasteiger partial charge on any atom is -0.478 e. The molecule has 5 heteroatoms. The van der Waals surface area contributed by atoms with Gasteiger partial charge in [0.05, 0.1) is 12.2 Å². The van der Waals surface area contributed by atoms with Crippen LogP contribution in [0.4, 0.5) is 0 Å². The molecule has 1 rings (SSSR count). The first-order chi connectivity index (χ1) is 8.24. The van der Waals surface area contributed by atoms with Crippen molar-refractivity contribution in [2.45, 2.75) is 19.8 Å². The van der Waals surface area contributed by atoms with Crippen LogP contribution in [0.5, 0.6) is 5.88 Å². The predicted octanol–water partition coefficient (Wildman–Crippen LogP) is 1.98. The maximum Gasteiger partial charge on any atom is 0.335 e. The van der Waals surface area contributed by atoms with Gasteiger partial charge < -0.3 is 14.6 Å². The van der Waals surface area contributed by atoms with E-state index in [0.29, 0.717) is 19.1 Å². The zero-order valence-electron chi connectivity index (χ0n) is 9.89. The summed E-state index contributed by atoms with van der Waals surface area (Å²) in [6, 6.07) is 2.82. The van der Waals surface area contributed by atoms with Gasteiger partial charge in [-0.3, -0.25) is 0 Å². The van der Waals surface area contributed by atoms with Crippen LogP contribution in [0.25, 0.3) is 0 Å². The second kappa shape index (κ2) is 7.62. The molecular formula is C12H17NO4. The number of nitrogens with zero attached hydrogens (tertiary/aromatic N) is 1. The average molecular weight is 239 g/mol. The lowest BCUT2D eigenvalue weighted by molar-refractivity contribution is 0.0695. The first kappa shape index (κ1) is 13.4. The van der Waals surface area contributed by atoms with Crippen LogP contribution in [0, 0.1) is 0 Å². The van der Waals surface area contributed by atoms with E-state index in [4.69, 9.17) is 14.6 Å². The number of ether oxygens (including phenoxy) is 2. The monoisotopic (exact) mass is 239 g/mol. The van der Waals surface area contributed by atoms with Gasteiger partial charge in [0, 0.05) is 18.9 Å².